The molecule has 2 aromatic carbocycles. The minimum Gasteiger partial charge on any atom is -0.460 e. The molecule has 4 rings (SSSR count). The van der Waals surface area contributed by atoms with Crippen molar-refractivity contribution in [1.82, 2.24) is 9.55 Å². The van der Waals surface area contributed by atoms with Crippen LogP contribution in [0.5, 0.6) is 0 Å². The second-order valence-corrected chi connectivity index (χ2v) is 9.13. The maximum Gasteiger partial charge on any atom is 0.309 e. The summed E-state index contributed by atoms with van der Waals surface area (Å²) in [5.74, 6) is 0.0918. The molecule has 31 heavy (non-hydrogen) atoms. The van der Waals surface area contributed by atoms with E-state index in [4.69, 9.17) is 15.5 Å². The predicted molar refractivity (Wildman–Crippen MR) is 119 cm³/mol. The second-order valence-electron chi connectivity index (χ2n) is 9.13. The number of para-hydroxylation sites is 2. The lowest BCUT2D eigenvalue weighted by molar-refractivity contribution is -0.161. The minimum atomic E-state index is -0.512. The molecule has 1 aromatic heterocycles. The van der Waals surface area contributed by atoms with E-state index in [9.17, 15) is 9.18 Å². The number of carbonyl (C=O) groups is 1. The van der Waals surface area contributed by atoms with E-state index < -0.39 is 5.60 Å². The quantitative estimate of drug-likeness (QED) is 0.639. The number of anilines is 1. The molecule has 2 atom stereocenters. The van der Waals surface area contributed by atoms with Crippen molar-refractivity contribution in [2.45, 2.75) is 51.9 Å². The van der Waals surface area contributed by atoms with Gasteiger partial charge >= 0.3 is 5.97 Å². The molecule has 2 N–H and O–H groups in total. The van der Waals surface area contributed by atoms with E-state index in [1.54, 1.807) is 12.1 Å². The summed E-state index contributed by atoms with van der Waals surface area (Å²) in [7, 11) is 0. The van der Waals surface area contributed by atoms with Gasteiger partial charge in [0.05, 0.1) is 29.7 Å². The van der Waals surface area contributed by atoms with Crippen LogP contribution in [-0.2, 0) is 16.1 Å². The van der Waals surface area contributed by atoms with Crippen LogP contribution in [0.4, 0.5) is 10.3 Å². The monoisotopic (exact) mass is 424 g/mol. The van der Waals surface area contributed by atoms with Crippen LogP contribution >= 0.6 is 0 Å². The Kier molecular flexibility index (Phi) is 5.71. The summed E-state index contributed by atoms with van der Waals surface area (Å²) in [6.45, 7) is 6.78. The fourth-order valence-corrected chi connectivity index (χ4v) is 4.06. The van der Waals surface area contributed by atoms with Gasteiger partial charge in [-0.2, -0.15) is 0 Å². The topological polar surface area (TPSA) is 73.4 Å². The highest BCUT2D eigenvalue weighted by molar-refractivity contribution is 5.79. The van der Waals surface area contributed by atoms with Crippen molar-refractivity contribution in [3.05, 3.63) is 59.9 Å². The zero-order chi connectivity index (χ0) is 22.2. The van der Waals surface area contributed by atoms with Crippen LogP contribution < -0.4 is 10.6 Å². The molecule has 0 radical (unpaired) electrons. The lowest BCUT2D eigenvalue weighted by Crippen LogP contribution is -2.51. The second kappa shape index (κ2) is 8.30. The first-order valence-electron chi connectivity index (χ1n) is 10.7. The number of hydrogen-bond donors (Lipinski definition) is 1. The van der Waals surface area contributed by atoms with E-state index >= 15 is 0 Å². The van der Waals surface area contributed by atoms with Gasteiger partial charge in [-0.15, -0.1) is 0 Å². The van der Waals surface area contributed by atoms with Crippen molar-refractivity contribution in [1.29, 1.82) is 0 Å². The van der Waals surface area contributed by atoms with E-state index in [-0.39, 0.29) is 23.9 Å². The Bertz CT molecular complexity index is 1070. The van der Waals surface area contributed by atoms with Crippen molar-refractivity contribution in [3.63, 3.8) is 0 Å². The number of nitrogens with two attached hydrogens (primary N) is 1. The molecule has 2 heterocycles. The molecular formula is C24H29FN4O2. The molecule has 1 aliphatic rings. The SMILES string of the molecule is CC(C)(C)OC(=O)[C@H]1CCN(c2nc3ccccc3n2Cc2ccc(F)cc2)[C@H](N)C1. The van der Waals surface area contributed by atoms with E-state index in [0.29, 0.717) is 25.9 Å². The third kappa shape index (κ3) is 4.71. The normalized spacial score (nSPS) is 19.6. The molecular weight excluding hydrogens is 395 g/mol. The first kappa shape index (κ1) is 21.3. The standard InChI is InChI=1S/C24H29FN4O2/c1-24(2,3)31-22(30)17-12-13-28(21(26)14-17)23-27-19-6-4-5-7-20(19)29(23)15-16-8-10-18(25)11-9-16/h4-11,17,21H,12-15,26H2,1-3H3/t17-,21-/m0/s1. The Morgan fingerprint density at radius 2 is 1.90 bits per heavy atom. The summed E-state index contributed by atoms with van der Waals surface area (Å²) in [5.41, 5.74) is 8.85. The number of esters is 1. The number of fused-ring (bicyclic) bond motifs is 1. The van der Waals surface area contributed by atoms with Gasteiger partial charge in [0.25, 0.3) is 0 Å². The number of imidazole rings is 1. The first-order chi connectivity index (χ1) is 14.7. The maximum absolute atomic E-state index is 13.4. The highest BCUT2D eigenvalue weighted by Gasteiger charge is 2.35. The van der Waals surface area contributed by atoms with Crippen LogP contribution in [0, 0.1) is 11.7 Å². The molecule has 0 spiro atoms. The molecule has 1 saturated heterocycles. The molecule has 0 amide bonds. The number of aromatic nitrogens is 2. The van der Waals surface area contributed by atoms with Gasteiger partial charge in [0.2, 0.25) is 5.95 Å². The number of benzene rings is 2. The van der Waals surface area contributed by atoms with Gasteiger partial charge in [-0.05, 0) is 63.4 Å². The van der Waals surface area contributed by atoms with Crippen molar-refractivity contribution < 1.29 is 13.9 Å². The van der Waals surface area contributed by atoms with E-state index in [2.05, 4.69) is 9.47 Å². The highest BCUT2D eigenvalue weighted by atomic mass is 19.1. The number of ether oxygens (including phenoxy) is 1. The Hall–Kier alpha value is -2.93. The van der Waals surface area contributed by atoms with Crippen LogP contribution in [0.25, 0.3) is 11.0 Å². The molecule has 6 nitrogen and oxygen atoms in total. The third-order valence-corrected chi connectivity index (χ3v) is 5.53. The van der Waals surface area contributed by atoms with Gasteiger partial charge in [-0.1, -0.05) is 24.3 Å². The van der Waals surface area contributed by atoms with Crippen LogP contribution in [0.1, 0.15) is 39.2 Å². The van der Waals surface area contributed by atoms with Crippen LogP contribution in [0.2, 0.25) is 0 Å². The van der Waals surface area contributed by atoms with Crippen LogP contribution in [-0.4, -0.2) is 33.8 Å². The van der Waals surface area contributed by atoms with E-state index in [1.165, 1.54) is 12.1 Å². The number of carbonyl (C=O) groups excluding carboxylic acids is 1. The summed E-state index contributed by atoms with van der Waals surface area (Å²) in [6, 6.07) is 14.4. The lowest BCUT2D eigenvalue weighted by Gasteiger charge is -2.38. The number of halogens is 1. The fourth-order valence-electron chi connectivity index (χ4n) is 4.06. The minimum absolute atomic E-state index is 0.192. The van der Waals surface area contributed by atoms with Crippen molar-refractivity contribution in [3.8, 4) is 0 Å². The lowest BCUT2D eigenvalue weighted by atomic mass is 9.94. The smallest absolute Gasteiger partial charge is 0.309 e. The van der Waals surface area contributed by atoms with Gasteiger partial charge in [-0.25, -0.2) is 9.37 Å². The molecule has 0 bridgehead atoms. The number of nitrogens with zero attached hydrogens (tertiary/aromatic N) is 3. The number of piperidine rings is 1. The van der Waals surface area contributed by atoms with E-state index in [1.807, 2.05) is 45.0 Å². The van der Waals surface area contributed by atoms with Crippen molar-refractivity contribution in [2.24, 2.45) is 11.7 Å². The molecule has 0 aliphatic carbocycles. The Labute approximate surface area is 181 Å². The average molecular weight is 425 g/mol. The van der Waals surface area contributed by atoms with Crippen LogP contribution in [0.3, 0.4) is 0 Å². The van der Waals surface area contributed by atoms with Crippen molar-refractivity contribution in [2.75, 3.05) is 11.4 Å². The van der Waals surface area contributed by atoms with Crippen LogP contribution in [0.15, 0.2) is 48.5 Å². The Morgan fingerprint density at radius 3 is 2.58 bits per heavy atom. The summed E-state index contributed by atoms with van der Waals surface area (Å²) in [4.78, 5) is 19.4. The molecule has 164 valence electrons. The summed E-state index contributed by atoms with van der Waals surface area (Å²) in [5, 5.41) is 0. The van der Waals surface area contributed by atoms with Crippen molar-refractivity contribution >= 4 is 23.0 Å². The Balaban J connectivity index is 1.61. The maximum atomic E-state index is 13.4. The summed E-state index contributed by atoms with van der Waals surface area (Å²) >= 11 is 0. The Morgan fingerprint density at radius 1 is 1.19 bits per heavy atom. The fraction of sp³-hybridized carbons (Fsp3) is 0.417. The molecule has 1 aliphatic heterocycles. The van der Waals surface area contributed by atoms with Gasteiger partial charge in [0.1, 0.15) is 11.4 Å². The largest absolute Gasteiger partial charge is 0.460 e. The van der Waals surface area contributed by atoms with E-state index in [0.717, 1.165) is 22.5 Å². The summed E-state index contributed by atoms with van der Waals surface area (Å²) < 4.78 is 21.0. The first-order valence-corrected chi connectivity index (χ1v) is 10.7. The molecule has 3 aromatic rings. The molecule has 0 saturated carbocycles. The number of rotatable bonds is 4. The predicted octanol–water partition coefficient (Wildman–Crippen LogP) is 4.07. The molecule has 1 fully saturated rings. The van der Waals surface area contributed by atoms with Gasteiger partial charge in [0.15, 0.2) is 0 Å². The molecule has 7 heteroatoms. The summed E-state index contributed by atoms with van der Waals surface area (Å²) in [6.07, 6.45) is 0.812. The van der Waals surface area contributed by atoms with Gasteiger partial charge in [-0.3, -0.25) is 4.79 Å². The molecule has 0 unspecified atom stereocenters. The van der Waals surface area contributed by atoms with Gasteiger partial charge in [0, 0.05) is 6.54 Å². The average Bonchev–Trinajstić information content (AvgIpc) is 3.06. The highest BCUT2D eigenvalue weighted by Crippen LogP contribution is 2.30. The van der Waals surface area contributed by atoms with Gasteiger partial charge < -0.3 is 19.9 Å². The third-order valence-electron chi connectivity index (χ3n) is 5.53. The zero-order valence-electron chi connectivity index (χ0n) is 18.2. The zero-order valence-corrected chi connectivity index (χ0v) is 18.2. The number of hydrogen-bond acceptors (Lipinski definition) is 5.